The molecule has 0 aliphatic carbocycles. The summed E-state index contributed by atoms with van der Waals surface area (Å²) in [5.41, 5.74) is 2.02. The van der Waals surface area contributed by atoms with E-state index in [9.17, 15) is 4.79 Å². The Morgan fingerprint density at radius 1 is 1.20 bits per heavy atom. The average Bonchev–Trinajstić information content (AvgIpc) is 3.04. The number of amides is 1. The zero-order valence-electron chi connectivity index (χ0n) is 14.2. The third kappa shape index (κ3) is 3.99. The lowest BCUT2D eigenvalue weighted by atomic mass is 10.1. The summed E-state index contributed by atoms with van der Waals surface area (Å²) in [4.78, 5) is 12.3. The molecule has 0 fully saturated rings. The first kappa shape index (κ1) is 17.4. The molecular formula is C19H20ClNO4. The third-order valence-electron chi connectivity index (χ3n) is 4.15. The van der Waals surface area contributed by atoms with Gasteiger partial charge in [0.05, 0.1) is 14.2 Å². The third-order valence-corrected chi connectivity index (χ3v) is 4.39. The van der Waals surface area contributed by atoms with Crippen LogP contribution in [0.15, 0.2) is 36.4 Å². The highest BCUT2D eigenvalue weighted by Gasteiger charge is 2.28. The van der Waals surface area contributed by atoms with E-state index >= 15 is 0 Å². The molecule has 0 bridgehead atoms. The van der Waals surface area contributed by atoms with Gasteiger partial charge in [0.1, 0.15) is 5.75 Å². The lowest BCUT2D eigenvalue weighted by molar-refractivity contribution is -0.127. The van der Waals surface area contributed by atoms with Crippen LogP contribution < -0.4 is 19.5 Å². The molecule has 1 amide bonds. The predicted octanol–water partition coefficient (Wildman–Crippen LogP) is 3.02. The van der Waals surface area contributed by atoms with Gasteiger partial charge in [0.25, 0.3) is 5.91 Å². The molecule has 2 aromatic carbocycles. The largest absolute Gasteiger partial charge is 0.493 e. The summed E-state index contributed by atoms with van der Waals surface area (Å²) in [5.74, 6) is 1.97. The molecule has 5 nitrogen and oxygen atoms in total. The zero-order valence-corrected chi connectivity index (χ0v) is 14.9. The number of rotatable bonds is 6. The van der Waals surface area contributed by atoms with Crippen LogP contribution in [0.2, 0.25) is 5.02 Å². The Morgan fingerprint density at radius 3 is 2.76 bits per heavy atom. The van der Waals surface area contributed by atoms with Crippen LogP contribution in [-0.2, 0) is 17.6 Å². The van der Waals surface area contributed by atoms with E-state index in [1.54, 1.807) is 26.4 Å². The second-order valence-electron chi connectivity index (χ2n) is 5.79. The van der Waals surface area contributed by atoms with Crippen LogP contribution in [0.3, 0.4) is 0 Å². The Bertz CT molecular complexity index is 778. The van der Waals surface area contributed by atoms with E-state index in [1.165, 1.54) is 0 Å². The standard InChI is InChI=1S/C19H20ClNO4/c1-23-16-5-3-12(9-17(16)24-2)7-8-21-19(22)18-11-13-10-14(20)4-6-15(13)25-18/h3-6,9-10,18H,7-8,11H2,1-2H3,(H,21,22)/t18-/m0/s1. The molecule has 0 saturated heterocycles. The molecule has 1 atom stereocenters. The number of hydrogen-bond acceptors (Lipinski definition) is 4. The topological polar surface area (TPSA) is 56.8 Å². The Kier molecular flexibility index (Phi) is 5.34. The van der Waals surface area contributed by atoms with E-state index in [-0.39, 0.29) is 5.91 Å². The lowest BCUT2D eigenvalue weighted by Gasteiger charge is -2.12. The molecule has 0 unspecified atom stereocenters. The molecular weight excluding hydrogens is 342 g/mol. The first-order chi connectivity index (χ1) is 12.1. The molecule has 1 aliphatic rings. The highest BCUT2D eigenvalue weighted by molar-refractivity contribution is 6.30. The van der Waals surface area contributed by atoms with E-state index < -0.39 is 6.10 Å². The molecule has 132 valence electrons. The Labute approximate surface area is 151 Å². The summed E-state index contributed by atoms with van der Waals surface area (Å²) in [7, 11) is 3.20. The van der Waals surface area contributed by atoms with Crippen LogP contribution in [0, 0.1) is 0 Å². The number of fused-ring (bicyclic) bond motifs is 1. The Balaban J connectivity index is 1.52. The quantitative estimate of drug-likeness (QED) is 0.859. The minimum atomic E-state index is -0.501. The monoisotopic (exact) mass is 361 g/mol. The molecule has 1 heterocycles. The van der Waals surface area contributed by atoms with Crippen molar-refractivity contribution in [3.8, 4) is 17.2 Å². The van der Waals surface area contributed by atoms with Gasteiger partial charge < -0.3 is 19.5 Å². The summed E-state index contributed by atoms with van der Waals surface area (Å²) in [6.07, 6.45) is 0.731. The molecule has 0 aromatic heterocycles. The molecule has 0 radical (unpaired) electrons. The van der Waals surface area contributed by atoms with Crippen LogP contribution in [0.1, 0.15) is 11.1 Å². The highest BCUT2D eigenvalue weighted by atomic mass is 35.5. The van der Waals surface area contributed by atoms with Crippen LogP contribution in [0.5, 0.6) is 17.2 Å². The van der Waals surface area contributed by atoms with Gasteiger partial charge in [-0.2, -0.15) is 0 Å². The first-order valence-electron chi connectivity index (χ1n) is 8.04. The van der Waals surface area contributed by atoms with Gasteiger partial charge in [0.15, 0.2) is 17.6 Å². The fourth-order valence-electron chi connectivity index (χ4n) is 2.84. The molecule has 0 spiro atoms. The molecule has 2 aromatic rings. The van der Waals surface area contributed by atoms with Gasteiger partial charge in [-0.25, -0.2) is 0 Å². The van der Waals surface area contributed by atoms with Crippen molar-refractivity contribution >= 4 is 17.5 Å². The summed E-state index contributed by atoms with van der Waals surface area (Å²) in [6, 6.07) is 11.1. The number of benzene rings is 2. The van der Waals surface area contributed by atoms with Crippen LogP contribution in [0.4, 0.5) is 0 Å². The van der Waals surface area contributed by atoms with Crippen LogP contribution in [0.25, 0.3) is 0 Å². The molecule has 0 saturated carbocycles. The first-order valence-corrected chi connectivity index (χ1v) is 8.42. The van der Waals surface area contributed by atoms with E-state index in [0.717, 1.165) is 16.9 Å². The van der Waals surface area contributed by atoms with Crippen molar-refractivity contribution in [3.63, 3.8) is 0 Å². The second-order valence-corrected chi connectivity index (χ2v) is 6.23. The molecule has 25 heavy (non-hydrogen) atoms. The smallest absolute Gasteiger partial charge is 0.261 e. The van der Waals surface area contributed by atoms with Crippen LogP contribution >= 0.6 is 11.6 Å². The number of carbonyl (C=O) groups excluding carboxylic acids is 1. The predicted molar refractivity (Wildman–Crippen MR) is 95.8 cm³/mol. The SMILES string of the molecule is COc1ccc(CCNC(=O)[C@@H]2Cc3cc(Cl)ccc3O2)cc1OC. The number of ether oxygens (including phenoxy) is 3. The fraction of sp³-hybridized carbons (Fsp3) is 0.316. The minimum absolute atomic E-state index is 0.118. The number of nitrogens with one attached hydrogen (secondary N) is 1. The van der Waals surface area contributed by atoms with Crippen LogP contribution in [-0.4, -0.2) is 32.8 Å². The fourth-order valence-corrected chi connectivity index (χ4v) is 3.04. The molecule has 6 heteroatoms. The van der Waals surface area contributed by atoms with Gasteiger partial charge in [0, 0.05) is 18.0 Å². The summed E-state index contributed by atoms with van der Waals surface area (Å²) < 4.78 is 16.2. The second kappa shape index (κ2) is 7.66. The van der Waals surface area contributed by atoms with Crippen molar-refractivity contribution < 1.29 is 19.0 Å². The number of methoxy groups -OCH3 is 2. The summed E-state index contributed by atoms with van der Waals surface area (Å²) >= 11 is 5.97. The van der Waals surface area contributed by atoms with Gasteiger partial charge in [-0.3, -0.25) is 4.79 Å². The molecule has 1 aliphatic heterocycles. The van der Waals surface area contributed by atoms with E-state index in [4.69, 9.17) is 25.8 Å². The maximum absolute atomic E-state index is 12.3. The molecule has 1 N–H and O–H groups in total. The van der Waals surface area contributed by atoms with Crippen molar-refractivity contribution in [2.75, 3.05) is 20.8 Å². The number of halogens is 1. The summed E-state index contributed by atoms with van der Waals surface area (Å²) in [6.45, 7) is 0.519. The van der Waals surface area contributed by atoms with Crippen molar-refractivity contribution in [2.45, 2.75) is 18.9 Å². The van der Waals surface area contributed by atoms with Gasteiger partial charge in [-0.1, -0.05) is 17.7 Å². The Morgan fingerprint density at radius 2 is 2.00 bits per heavy atom. The highest BCUT2D eigenvalue weighted by Crippen LogP contribution is 2.31. The average molecular weight is 362 g/mol. The van der Waals surface area contributed by atoms with Crippen molar-refractivity contribution in [1.29, 1.82) is 0 Å². The van der Waals surface area contributed by atoms with Gasteiger partial charge in [0.2, 0.25) is 0 Å². The lowest BCUT2D eigenvalue weighted by Crippen LogP contribution is -2.38. The van der Waals surface area contributed by atoms with E-state index in [1.807, 2.05) is 24.3 Å². The van der Waals surface area contributed by atoms with Crippen molar-refractivity contribution in [1.82, 2.24) is 5.32 Å². The van der Waals surface area contributed by atoms with Gasteiger partial charge in [-0.05, 0) is 47.9 Å². The van der Waals surface area contributed by atoms with Gasteiger partial charge in [-0.15, -0.1) is 0 Å². The zero-order chi connectivity index (χ0) is 17.8. The molecule has 3 rings (SSSR count). The van der Waals surface area contributed by atoms with Gasteiger partial charge >= 0.3 is 0 Å². The number of carbonyl (C=O) groups is 1. The van der Waals surface area contributed by atoms with E-state index in [2.05, 4.69) is 5.32 Å². The maximum atomic E-state index is 12.3. The Hall–Kier alpha value is -2.40. The minimum Gasteiger partial charge on any atom is -0.493 e. The van der Waals surface area contributed by atoms with Crippen molar-refractivity contribution in [2.24, 2.45) is 0 Å². The number of hydrogen-bond donors (Lipinski definition) is 1. The van der Waals surface area contributed by atoms with E-state index in [0.29, 0.717) is 35.9 Å². The normalized spacial score (nSPS) is 15.2. The van der Waals surface area contributed by atoms with Crippen molar-refractivity contribution in [3.05, 3.63) is 52.5 Å². The maximum Gasteiger partial charge on any atom is 0.261 e. The summed E-state index contributed by atoms with van der Waals surface area (Å²) in [5, 5.41) is 3.57.